The van der Waals surface area contributed by atoms with Gasteiger partial charge in [0.1, 0.15) is 11.4 Å². The number of pyridine rings is 1. The van der Waals surface area contributed by atoms with Crippen LogP contribution in [0.3, 0.4) is 0 Å². The van der Waals surface area contributed by atoms with E-state index in [1.807, 2.05) is 31.2 Å². The van der Waals surface area contributed by atoms with Gasteiger partial charge in [0.2, 0.25) is 0 Å². The highest BCUT2D eigenvalue weighted by atomic mass is 16.5. The smallest absolute Gasteiger partial charge is 0.274 e. The highest BCUT2D eigenvalue weighted by molar-refractivity contribution is 6.03. The zero-order valence-corrected chi connectivity index (χ0v) is 13.5. The monoisotopic (exact) mass is 325 g/mol. The van der Waals surface area contributed by atoms with Gasteiger partial charge in [-0.15, -0.1) is 0 Å². The molecular weight excluding hydrogens is 306 g/mol. The lowest BCUT2D eigenvalue weighted by Gasteiger charge is -2.26. The van der Waals surface area contributed by atoms with Crippen LogP contribution in [0, 0.1) is 6.92 Å². The van der Waals surface area contributed by atoms with Crippen LogP contribution in [0.4, 0.5) is 5.69 Å². The lowest BCUT2D eigenvalue weighted by Crippen LogP contribution is -2.41. The van der Waals surface area contributed by atoms with Gasteiger partial charge in [0, 0.05) is 18.8 Å². The lowest BCUT2D eigenvalue weighted by molar-refractivity contribution is 0.0299. The van der Waals surface area contributed by atoms with Crippen LogP contribution in [-0.2, 0) is 4.74 Å². The Morgan fingerprint density at radius 1 is 1.04 bits per heavy atom. The van der Waals surface area contributed by atoms with Gasteiger partial charge >= 0.3 is 0 Å². The standard InChI is InChI=1S/C18H19N3O3/c1-13-5-7-14(8-6-13)19-17(22)15-3-2-4-16(20-15)18(23)21-9-11-24-12-10-21/h2-8H,9-12H2,1H3,(H,19,22). The Hall–Kier alpha value is -2.73. The van der Waals surface area contributed by atoms with Crippen molar-refractivity contribution in [1.29, 1.82) is 0 Å². The molecule has 24 heavy (non-hydrogen) atoms. The number of morpholine rings is 1. The van der Waals surface area contributed by atoms with Crippen LogP contribution < -0.4 is 5.32 Å². The van der Waals surface area contributed by atoms with Crippen molar-refractivity contribution in [3.05, 3.63) is 59.4 Å². The first kappa shape index (κ1) is 16.1. The second kappa shape index (κ2) is 7.23. The molecule has 0 aliphatic carbocycles. The summed E-state index contributed by atoms with van der Waals surface area (Å²) in [5.41, 5.74) is 2.30. The first-order valence-electron chi connectivity index (χ1n) is 7.85. The Morgan fingerprint density at radius 3 is 2.42 bits per heavy atom. The highest BCUT2D eigenvalue weighted by Gasteiger charge is 2.20. The molecule has 1 aliphatic heterocycles. The zero-order valence-electron chi connectivity index (χ0n) is 13.5. The Morgan fingerprint density at radius 2 is 1.71 bits per heavy atom. The molecule has 0 bridgehead atoms. The van der Waals surface area contributed by atoms with Gasteiger partial charge in [-0.3, -0.25) is 9.59 Å². The number of amides is 2. The minimum atomic E-state index is -0.338. The van der Waals surface area contributed by atoms with E-state index in [1.54, 1.807) is 23.1 Å². The van der Waals surface area contributed by atoms with Crippen LogP contribution >= 0.6 is 0 Å². The molecule has 124 valence electrons. The molecule has 1 fully saturated rings. The van der Waals surface area contributed by atoms with Crippen molar-refractivity contribution in [2.24, 2.45) is 0 Å². The van der Waals surface area contributed by atoms with Crippen molar-refractivity contribution < 1.29 is 14.3 Å². The predicted octanol–water partition coefficient (Wildman–Crippen LogP) is 2.11. The summed E-state index contributed by atoms with van der Waals surface area (Å²) in [5.74, 6) is -0.515. The van der Waals surface area contributed by atoms with Crippen LogP contribution in [-0.4, -0.2) is 48.0 Å². The van der Waals surface area contributed by atoms with Gasteiger partial charge in [-0.2, -0.15) is 0 Å². The van der Waals surface area contributed by atoms with E-state index < -0.39 is 0 Å². The molecule has 1 N–H and O–H groups in total. The number of ether oxygens (including phenoxy) is 1. The van der Waals surface area contributed by atoms with E-state index in [2.05, 4.69) is 10.3 Å². The number of nitrogens with one attached hydrogen (secondary N) is 1. The fourth-order valence-corrected chi connectivity index (χ4v) is 2.44. The quantitative estimate of drug-likeness (QED) is 0.938. The van der Waals surface area contributed by atoms with Gasteiger partial charge in [0.15, 0.2) is 0 Å². The first-order valence-corrected chi connectivity index (χ1v) is 7.85. The normalized spacial score (nSPS) is 14.3. The van der Waals surface area contributed by atoms with E-state index in [1.165, 1.54) is 0 Å². The maximum absolute atomic E-state index is 12.4. The number of rotatable bonds is 3. The summed E-state index contributed by atoms with van der Waals surface area (Å²) in [6.07, 6.45) is 0. The molecule has 1 saturated heterocycles. The Balaban J connectivity index is 1.73. The summed E-state index contributed by atoms with van der Waals surface area (Å²) in [6.45, 7) is 4.12. The highest BCUT2D eigenvalue weighted by Crippen LogP contribution is 2.11. The second-order valence-corrected chi connectivity index (χ2v) is 5.63. The summed E-state index contributed by atoms with van der Waals surface area (Å²) < 4.78 is 5.24. The summed E-state index contributed by atoms with van der Waals surface area (Å²) in [6, 6.07) is 12.4. The number of hydrogen-bond acceptors (Lipinski definition) is 4. The molecule has 2 amide bonds. The van der Waals surface area contributed by atoms with Gasteiger partial charge < -0.3 is 15.0 Å². The maximum atomic E-state index is 12.4. The fourth-order valence-electron chi connectivity index (χ4n) is 2.44. The molecule has 2 aromatic rings. The molecule has 3 rings (SSSR count). The van der Waals surface area contributed by atoms with E-state index in [0.29, 0.717) is 32.0 Å². The fraction of sp³-hybridized carbons (Fsp3) is 0.278. The number of nitrogens with zero attached hydrogens (tertiary/aromatic N) is 2. The lowest BCUT2D eigenvalue weighted by atomic mass is 10.2. The Labute approximate surface area is 140 Å². The van der Waals surface area contributed by atoms with Crippen LogP contribution in [0.1, 0.15) is 26.5 Å². The van der Waals surface area contributed by atoms with Crippen LogP contribution in [0.2, 0.25) is 0 Å². The number of aryl methyl sites for hydroxylation is 1. The average molecular weight is 325 g/mol. The molecule has 0 radical (unpaired) electrons. The van der Waals surface area contributed by atoms with Crippen molar-refractivity contribution in [3.8, 4) is 0 Å². The largest absolute Gasteiger partial charge is 0.378 e. The van der Waals surface area contributed by atoms with Crippen LogP contribution in [0.15, 0.2) is 42.5 Å². The molecule has 6 nitrogen and oxygen atoms in total. The van der Waals surface area contributed by atoms with Gasteiger partial charge in [0.05, 0.1) is 13.2 Å². The van der Waals surface area contributed by atoms with Gasteiger partial charge in [-0.05, 0) is 31.2 Å². The minimum Gasteiger partial charge on any atom is -0.378 e. The number of anilines is 1. The number of hydrogen-bond donors (Lipinski definition) is 1. The van der Waals surface area contributed by atoms with Gasteiger partial charge in [-0.1, -0.05) is 23.8 Å². The predicted molar refractivity (Wildman–Crippen MR) is 90.1 cm³/mol. The zero-order chi connectivity index (χ0) is 16.9. The third-order valence-corrected chi connectivity index (χ3v) is 3.81. The number of benzene rings is 1. The number of carbonyl (C=O) groups is 2. The summed E-state index contributed by atoms with van der Waals surface area (Å²) in [7, 11) is 0. The maximum Gasteiger partial charge on any atom is 0.274 e. The molecule has 0 spiro atoms. The average Bonchev–Trinajstić information content (AvgIpc) is 2.64. The Kier molecular flexibility index (Phi) is 4.86. The molecule has 1 aromatic carbocycles. The van der Waals surface area contributed by atoms with Crippen LogP contribution in [0.25, 0.3) is 0 Å². The van der Waals surface area contributed by atoms with Crippen molar-refractivity contribution in [2.45, 2.75) is 6.92 Å². The van der Waals surface area contributed by atoms with E-state index in [9.17, 15) is 9.59 Å². The summed E-state index contributed by atoms with van der Waals surface area (Å²) >= 11 is 0. The van der Waals surface area contributed by atoms with E-state index >= 15 is 0 Å². The minimum absolute atomic E-state index is 0.178. The second-order valence-electron chi connectivity index (χ2n) is 5.63. The molecule has 0 atom stereocenters. The Bertz CT molecular complexity index is 737. The topological polar surface area (TPSA) is 71.5 Å². The first-order chi connectivity index (χ1) is 11.6. The SMILES string of the molecule is Cc1ccc(NC(=O)c2cccc(C(=O)N3CCOCC3)n2)cc1. The molecule has 0 unspecified atom stereocenters. The van der Waals surface area contributed by atoms with Crippen LogP contribution in [0.5, 0.6) is 0 Å². The molecule has 6 heteroatoms. The van der Waals surface area contributed by atoms with E-state index in [-0.39, 0.29) is 23.2 Å². The number of aromatic nitrogens is 1. The third kappa shape index (κ3) is 3.78. The van der Waals surface area contributed by atoms with Crippen molar-refractivity contribution in [2.75, 3.05) is 31.6 Å². The van der Waals surface area contributed by atoms with E-state index in [0.717, 1.165) is 5.56 Å². The van der Waals surface area contributed by atoms with Gasteiger partial charge in [-0.25, -0.2) is 4.98 Å². The molecule has 0 saturated carbocycles. The molecular formula is C18H19N3O3. The summed E-state index contributed by atoms with van der Waals surface area (Å²) in [4.78, 5) is 30.7. The van der Waals surface area contributed by atoms with Gasteiger partial charge in [0.25, 0.3) is 11.8 Å². The number of carbonyl (C=O) groups excluding carboxylic acids is 2. The molecule has 1 aromatic heterocycles. The van der Waals surface area contributed by atoms with Crippen molar-refractivity contribution in [1.82, 2.24) is 9.88 Å². The molecule has 2 heterocycles. The third-order valence-electron chi connectivity index (χ3n) is 3.81. The van der Waals surface area contributed by atoms with Crippen molar-refractivity contribution in [3.63, 3.8) is 0 Å². The van der Waals surface area contributed by atoms with E-state index in [4.69, 9.17) is 4.74 Å². The summed E-state index contributed by atoms with van der Waals surface area (Å²) in [5, 5.41) is 2.78. The van der Waals surface area contributed by atoms with Crippen molar-refractivity contribution >= 4 is 17.5 Å². The molecule has 1 aliphatic rings.